The second-order valence-corrected chi connectivity index (χ2v) is 5.84. The second-order valence-electron chi connectivity index (χ2n) is 5.84. The van der Waals surface area contributed by atoms with Crippen LogP contribution < -0.4 is 9.80 Å². The minimum Gasteiger partial charge on any atom is -0.368 e. The van der Waals surface area contributed by atoms with Crippen molar-refractivity contribution in [1.82, 2.24) is 0 Å². The molecule has 0 aliphatic carbocycles. The van der Waals surface area contributed by atoms with Crippen LogP contribution >= 0.6 is 0 Å². The third-order valence-corrected chi connectivity index (χ3v) is 4.51. The zero-order valence-electron chi connectivity index (χ0n) is 12.3. The van der Waals surface area contributed by atoms with Crippen molar-refractivity contribution >= 4 is 17.3 Å². The van der Waals surface area contributed by atoms with E-state index < -0.39 is 0 Å². The summed E-state index contributed by atoms with van der Waals surface area (Å²) >= 11 is 0. The first-order valence-electron chi connectivity index (χ1n) is 7.68. The van der Waals surface area contributed by atoms with Crippen molar-refractivity contribution in [3.8, 4) is 0 Å². The quantitative estimate of drug-likeness (QED) is 0.806. The average molecular weight is 296 g/mol. The van der Waals surface area contributed by atoms with E-state index in [0.717, 1.165) is 25.2 Å². The number of rotatable bonds is 1. The van der Waals surface area contributed by atoms with Gasteiger partial charge >= 0.3 is 0 Å². The molecule has 0 saturated carbocycles. The van der Waals surface area contributed by atoms with Crippen LogP contribution in [0.4, 0.5) is 15.8 Å². The molecule has 0 radical (unpaired) electrons. The number of aryl methyl sites for hydroxylation is 1. The molecule has 2 aliphatic heterocycles. The molecule has 4 rings (SSSR count). The topological polar surface area (TPSA) is 23.6 Å². The fraction of sp³-hybridized carbons (Fsp3) is 0.278. The molecule has 0 unspecified atom stereocenters. The lowest BCUT2D eigenvalue weighted by atomic mass is 9.97. The van der Waals surface area contributed by atoms with Crippen molar-refractivity contribution in [1.29, 1.82) is 0 Å². The number of hydrogen-bond donors (Lipinski definition) is 0. The lowest BCUT2D eigenvalue weighted by Crippen LogP contribution is -2.46. The molecule has 0 saturated heterocycles. The largest absolute Gasteiger partial charge is 0.368 e. The third-order valence-electron chi connectivity index (χ3n) is 4.51. The Bertz CT molecular complexity index is 726. The van der Waals surface area contributed by atoms with E-state index in [1.807, 2.05) is 17.0 Å². The van der Waals surface area contributed by atoms with Crippen molar-refractivity contribution in [2.45, 2.75) is 12.8 Å². The molecule has 0 N–H and O–H groups in total. The molecular formula is C18H17FN2O. The van der Waals surface area contributed by atoms with Gasteiger partial charge in [0.05, 0.1) is 11.4 Å². The van der Waals surface area contributed by atoms with Gasteiger partial charge in [0.15, 0.2) is 0 Å². The standard InChI is InChI=1S/C18H17FN2O/c19-15-8-6-14(7-9-15)18(22)21-12-11-20-10-2-4-13-3-1-5-16(21)17(13)20/h1,3,5-9H,2,4,10-12H2. The Labute approximate surface area is 129 Å². The molecule has 112 valence electrons. The molecule has 22 heavy (non-hydrogen) atoms. The maximum atomic E-state index is 13.1. The predicted molar refractivity (Wildman–Crippen MR) is 85.1 cm³/mol. The Morgan fingerprint density at radius 1 is 1.00 bits per heavy atom. The first-order chi connectivity index (χ1) is 10.7. The second kappa shape index (κ2) is 5.13. The van der Waals surface area contributed by atoms with E-state index in [4.69, 9.17) is 0 Å². The molecule has 2 aromatic carbocycles. The third kappa shape index (κ3) is 2.06. The molecule has 1 amide bonds. The van der Waals surface area contributed by atoms with Gasteiger partial charge in [0, 0.05) is 25.2 Å². The van der Waals surface area contributed by atoms with E-state index in [0.29, 0.717) is 12.1 Å². The molecule has 2 aliphatic rings. The first kappa shape index (κ1) is 13.3. The van der Waals surface area contributed by atoms with Crippen LogP contribution in [0, 0.1) is 5.82 Å². The summed E-state index contributed by atoms with van der Waals surface area (Å²) in [4.78, 5) is 17.0. The van der Waals surface area contributed by atoms with Crippen LogP contribution in [-0.4, -0.2) is 25.5 Å². The summed E-state index contributed by atoms with van der Waals surface area (Å²) in [6.45, 7) is 2.59. The number of amides is 1. The van der Waals surface area contributed by atoms with E-state index in [1.54, 1.807) is 12.1 Å². The highest BCUT2D eigenvalue weighted by Gasteiger charge is 2.30. The van der Waals surface area contributed by atoms with Crippen molar-refractivity contribution in [2.75, 3.05) is 29.4 Å². The number of anilines is 2. The van der Waals surface area contributed by atoms with Gasteiger partial charge in [0.2, 0.25) is 0 Å². The first-order valence-corrected chi connectivity index (χ1v) is 7.68. The van der Waals surface area contributed by atoms with E-state index in [9.17, 15) is 9.18 Å². The Kier molecular flexibility index (Phi) is 3.10. The molecule has 0 spiro atoms. The van der Waals surface area contributed by atoms with Gasteiger partial charge in [-0.2, -0.15) is 0 Å². The number of carbonyl (C=O) groups excluding carboxylic acids is 1. The summed E-state index contributed by atoms with van der Waals surface area (Å²) in [7, 11) is 0. The minimum atomic E-state index is -0.321. The van der Waals surface area contributed by atoms with Gasteiger partial charge in [0.25, 0.3) is 5.91 Å². The van der Waals surface area contributed by atoms with Gasteiger partial charge in [-0.1, -0.05) is 12.1 Å². The molecule has 0 fully saturated rings. The predicted octanol–water partition coefficient (Wildman–Crippen LogP) is 3.24. The molecule has 4 heteroatoms. The van der Waals surface area contributed by atoms with Gasteiger partial charge < -0.3 is 9.80 Å². The fourth-order valence-electron chi connectivity index (χ4n) is 3.46. The van der Waals surface area contributed by atoms with Crippen LogP contribution in [0.25, 0.3) is 0 Å². The summed E-state index contributed by atoms with van der Waals surface area (Å²) in [6.07, 6.45) is 2.24. The molecule has 0 bridgehead atoms. The molecule has 3 nitrogen and oxygen atoms in total. The lowest BCUT2D eigenvalue weighted by molar-refractivity contribution is 0.0986. The van der Waals surface area contributed by atoms with Gasteiger partial charge in [-0.15, -0.1) is 0 Å². The van der Waals surface area contributed by atoms with E-state index in [1.165, 1.54) is 29.8 Å². The summed E-state index contributed by atoms with van der Waals surface area (Å²) in [5.74, 6) is -0.378. The number of carbonyl (C=O) groups is 1. The summed E-state index contributed by atoms with van der Waals surface area (Å²) in [6, 6.07) is 12.0. The summed E-state index contributed by atoms with van der Waals surface area (Å²) in [5, 5.41) is 0. The number of benzene rings is 2. The van der Waals surface area contributed by atoms with E-state index >= 15 is 0 Å². The smallest absolute Gasteiger partial charge is 0.258 e. The normalized spacial score (nSPS) is 16.4. The van der Waals surface area contributed by atoms with Crippen LogP contribution in [0.3, 0.4) is 0 Å². The number of halogens is 1. The van der Waals surface area contributed by atoms with Crippen LogP contribution in [0.1, 0.15) is 22.3 Å². The monoisotopic (exact) mass is 296 g/mol. The van der Waals surface area contributed by atoms with Crippen molar-refractivity contribution in [2.24, 2.45) is 0 Å². The summed E-state index contributed by atoms with van der Waals surface area (Å²) in [5.41, 5.74) is 4.04. The Morgan fingerprint density at radius 2 is 1.82 bits per heavy atom. The van der Waals surface area contributed by atoms with Gasteiger partial charge in [-0.3, -0.25) is 4.79 Å². The molecule has 0 atom stereocenters. The van der Waals surface area contributed by atoms with Gasteiger partial charge in [-0.25, -0.2) is 4.39 Å². The average Bonchev–Trinajstić information content (AvgIpc) is 2.56. The zero-order chi connectivity index (χ0) is 15.1. The van der Waals surface area contributed by atoms with Gasteiger partial charge in [-0.05, 0) is 48.7 Å². The highest BCUT2D eigenvalue weighted by atomic mass is 19.1. The Hall–Kier alpha value is -2.36. The van der Waals surface area contributed by atoms with Crippen LogP contribution in [0.15, 0.2) is 42.5 Å². The number of nitrogens with zero attached hydrogens (tertiary/aromatic N) is 2. The highest BCUT2D eigenvalue weighted by Crippen LogP contribution is 2.39. The maximum Gasteiger partial charge on any atom is 0.258 e. The fourth-order valence-corrected chi connectivity index (χ4v) is 3.46. The Morgan fingerprint density at radius 3 is 2.64 bits per heavy atom. The Balaban J connectivity index is 1.75. The zero-order valence-corrected chi connectivity index (χ0v) is 12.3. The SMILES string of the molecule is O=C(c1ccc(F)cc1)N1CCN2CCCc3cccc1c32. The molecular weight excluding hydrogens is 279 g/mol. The van der Waals surface area contributed by atoms with Crippen molar-refractivity contribution in [3.05, 3.63) is 59.4 Å². The van der Waals surface area contributed by atoms with E-state index in [-0.39, 0.29) is 11.7 Å². The van der Waals surface area contributed by atoms with Gasteiger partial charge in [0.1, 0.15) is 5.82 Å². The molecule has 2 aromatic rings. The summed E-state index contributed by atoms with van der Waals surface area (Å²) < 4.78 is 13.1. The maximum absolute atomic E-state index is 13.1. The molecule has 0 aromatic heterocycles. The van der Waals surface area contributed by atoms with Crippen molar-refractivity contribution < 1.29 is 9.18 Å². The number of para-hydroxylation sites is 1. The highest BCUT2D eigenvalue weighted by molar-refractivity contribution is 6.08. The lowest BCUT2D eigenvalue weighted by Gasteiger charge is -2.41. The van der Waals surface area contributed by atoms with E-state index in [2.05, 4.69) is 11.0 Å². The van der Waals surface area contributed by atoms with Crippen LogP contribution in [0.2, 0.25) is 0 Å². The van der Waals surface area contributed by atoms with Crippen LogP contribution in [-0.2, 0) is 6.42 Å². The number of hydrogen-bond acceptors (Lipinski definition) is 2. The van der Waals surface area contributed by atoms with Crippen molar-refractivity contribution in [3.63, 3.8) is 0 Å². The van der Waals surface area contributed by atoms with Crippen LogP contribution in [0.5, 0.6) is 0 Å². The minimum absolute atomic E-state index is 0.0568. The molecule has 2 heterocycles.